The van der Waals surface area contributed by atoms with E-state index >= 15 is 0 Å². The number of carbonyl (C=O) groups is 3. The number of carboxylic acid groups (broad SMARTS) is 1. The molecular formula is C17H29NO6. The largest absolute Gasteiger partial charge is 0.481 e. The number of hydrogen-bond donors (Lipinski definition) is 1. The van der Waals surface area contributed by atoms with Crippen molar-refractivity contribution in [1.29, 1.82) is 0 Å². The Balaban J connectivity index is 3.09. The van der Waals surface area contributed by atoms with Gasteiger partial charge in [-0.2, -0.15) is 0 Å². The number of rotatable bonds is 3. The van der Waals surface area contributed by atoms with Crippen molar-refractivity contribution >= 4 is 18.0 Å². The number of methoxy groups -OCH3 is 1. The third-order valence-corrected chi connectivity index (χ3v) is 4.11. The number of likely N-dealkylation sites (tertiary alicyclic amines) is 1. The second kappa shape index (κ2) is 6.99. The summed E-state index contributed by atoms with van der Waals surface area (Å²) in [5, 5.41) is 9.61. The van der Waals surface area contributed by atoms with Crippen LogP contribution in [0.15, 0.2) is 0 Å². The van der Waals surface area contributed by atoms with E-state index in [1.165, 1.54) is 12.0 Å². The van der Waals surface area contributed by atoms with E-state index in [9.17, 15) is 19.5 Å². The average molecular weight is 343 g/mol. The molecule has 0 spiro atoms. The fraction of sp³-hybridized carbons (Fsp3) is 0.824. The van der Waals surface area contributed by atoms with Crippen LogP contribution in [0, 0.1) is 17.3 Å². The number of ether oxygens (including phenoxy) is 2. The van der Waals surface area contributed by atoms with Crippen LogP contribution in [-0.2, 0) is 19.1 Å². The summed E-state index contributed by atoms with van der Waals surface area (Å²) >= 11 is 0. The standard InChI is InChI=1S/C17H29NO6/c1-16(2,3)12(13(19)20)10-8-11(14(21)23-7)18(9-10)15(22)24-17(4,5)6/h10-12H,8-9H2,1-7H3,(H,19,20). The van der Waals surface area contributed by atoms with E-state index < -0.39 is 41.0 Å². The van der Waals surface area contributed by atoms with Crippen LogP contribution < -0.4 is 0 Å². The molecule has 1 N–H and O–H groups in total. The van der Waals surface area contributed by atoms with E-state index in [0.29, 0.717) is 0 Å². The molecule has 0 saturated carbocycles. The number of carbonyl (C=O) groups excluding carboxylic acids is 2. The van der Waals surface area contributed by atoms with Crippen molar-refractivity contribution in [1.82, 2.24) is 4.90 Å². The first-order valence-corrected chi connectivity index (χ1v) is 8.08. The van der Waals surface area contributed by atoms with Gasteiger partial charge in [0.1, 0.15) is 11.6 Å². The fourth-order valence-electron chi connectivity index (χ4n) is 3.27. The van der Waals surface area contributed by atoms with E-state index in [1.807, 2.05) is 20.8 Å². The monoisotopic (exact) mass is 343 g/mol. The molecule has 1 aliphatic heterocycles. The van der Waals surface area contributed by atoms with Gasteiger partial charge in [0.25, 0.3) is 0 Å². The molecule has 0 aromatic rings. The van der Waals surface area contributed by atoms with E-state index in [-0.39, 0.29) is 18.9 Å². The highest BCUT2D eigenvalue weighted by Crippen LogP contribution is 2.40. The summed E-state index contributed by atoms with van der Waals surface area (Å²) in [6, 6.07) is -0.820. The summed E-state index contributed by atoms with van der Waals surface area (Å²) < 4.78 is 10.1. The molecule has 1 amide bonds. The highest BCUT2D eigenvalue weighted by molar-refractivity contribution is 5.82. The summed E-state index contributed by atoms with van der Waals surface area (Å²) in [6.45, 7) is 10.9. The lowest BCUT2D eigenvalue weighted by molar-refractivity contribution is -0.149. The lowest BCUT2D eigenvalue weighted by Gasteiger charge is -2.32. The van der Waals surface area contributed by atoms with Gasteiger partial charge in [-0.25, -0.2) is 9.59 Å². The highest BCUT2D eigenvalue weighted by Gasteiger charge is 2.49. The van der Waals surface area contributed by atoms with Crippen molar-refractivity contribution in [2.75, 3.05) is 13.7 Å². The maximum atomic E-state index is 12.4. The summed E-state index contributed by atoms with van der Waals surface area (Å²) in [7, 11) is 1.25. The Labute approximate surface area is 143 Å². The van der Waals surface area contributed by atoms with E-state index in [1.54, 1.807) is 20.8 Å². The Bertz CT molecular complexity index is 502. The fourth-order valence-corrected chi connectivity index (χ4v) is 3.27. The van der Waals surface area contributed by atoms with Crippen molar-refractivity contribution in [3.05, 3.63) is 0 Å². The number of aliphatic carboxylic acids is 1. The maximum absolute atomic E-state index is 12.4. The van der Waals surface area contributed by atoms with Crippen LogP contribution in [0.5, 0.6) is 0 Å². The topological polar surface area (TPSA) is 93.1 Å². The Kier molecular flexibility index (Phi) is 5.90. The predicted molar refractivity (Wildman–Crippen MR) is 87.4 cm³/mol. The van der Waals surface area contributed by atoms with Gasteiger partial charge in [0.2, 0.25) is 0 Å². The first kappa shape index (κ1) is 20.3. The zero-order chi connectivity index (χ0) is 18.9. The highest BCUT2D eigenvalue weighted by atomic mass is 16.6. The molecule has 3 atom stereocenters. The molecule has 0 aliphatic carbocycles. The molecule has 1 fully saturated rings. The van der Waals surface area contributed by atoms with Crippen LogP contribution in [0.2, 0.25) is 0 Å². The third-order valence-electron chi connectivity index (χ3n) is 4.11. The van der Waals surface area contributed by atoms with Gasteiger partial charge in [0.15, 0.2) is 0 Å². The molecule has 7 nitrogen and oxygen atoms in total. The molecule has 1 rings (SSSR count). The molecule has 0 aromatic heterocycles. The molecule has 1 aliphatic rings. The summed E-state index contributed by atoms with van der Waals surface area (Å²) in [5.74, 6) is -2.51. The van der Waals surface area contributed by atoms with Gasteiger partial charge in [0, 0.05) is 6.54 Å². The van der Waals surface area contributed by atoms with E-state index in [2.05, 4.69) is 0 Å². The predicted octanol–water partition coefficient (Wildman–Crippen LogP) is 2.53. The maximum Gasteiger partial charge on any atom is 0.411 e. The van der Waals surface area contributed by atoms with Crippen LogP contribution in [-0.4, -0.2) is 53.3 Å². The number of amides is 1. The number of esters is 1. The number of nitrogens with zero attached hydrogens (tertiary/aromatic N) is 1. The molecule has 7 heteroatoms. The Hall–Kier alpha value is -1.79. The zero-order valence-corrected chi connectivity index (χ0v) is 15.6. The van der Waals surface area contributed by atoms with Crippen LogP contribution >= 0.6 is 0 Å². The average Bonchev–Trinajstić information content (AvgIpc) is 2.78. The molecule has 1 saturated heterocycles. The van der Waals surface area contributed by atoms with Gasteiger partial charge in [-0.1, -0.05) is 20.8 Å². The second-order valence-electron chi connectivity index (χ2n) is 8.35. The Morgan fingerprint density at radius 2 is 1.67 bits per heavy atom. The SMILES string of the molecule is COC(=O)C1CC(C(C(=O)O)C(C)(C)C)CN1C(=O)OC(C)(C)C. The first-order chi connectivity index (χ1) is 10.8. The number of carboxylic acids is 1. The smallest absolute Gasteiger partial charge is 0.411 e. The minimum atomic E-state index is -0.929. The second-order valence-corrected chi connectivity index (χ2v) is 8.35. The molecule has 3 unspecified atom stereocenters. The molecular weight excluding hydrogens is 314 g/mol. The number of hydrogen-bond acceptors (Lipinski definition) is 5. The summed E-state index contributed by atoms with van der Waals surface area (Å²) in [5.41, 5.74) is -1.20. The minimum Gasteiger partial charge on any atom is -0.481 e. The van der Waals surface area contributed by atoms with Crippen molar-refractivity contribution in [3.63, 3.8) is 0 Å². The van der Waals surface area contributed by atoms with Crippen molar-refractivity contribution in [2.45, 2.75) is 59.6 Å². The van der Waals surface area contributed by atoms with Crippen LogP contribution in [0.3, 0.4) is 0 Å². The summed E-state index contributed by atoms with van der Waals surface area (Å²) in [6.07, 6.45) is -0.376. The molecule has 0 radical (unpaired) electrons. The van der Waals surface area contributed by atoms with Crippen LogP contribution in [0.4, 0.5) is 4.79 Å². The Morgan fingerprint density at radius 3 is 2.04 bits per heavy atom. The van der Waals surface area contributed by atoms with Crippen molar-refractivity contribution in [3.8, 4) is 0 Å². The van der Waals surface area contributed by atoms with Crippen LogP contribution in [0.25, 0.3) is 0 Å². The molecule has 0 bridgehead atoms. The quantitative estimate of drug-likeness (QED) is 0.792. The van der Waals surface area contributed by atoms with Crippen molar-refractivity contribution < 1.29 is 29.0 Å². The van der Waals surface area contributed by atoms with E-state index in [4.69, 9.17) is 9.47 Å². The van der Waals surface area contributed by atoms with Gasteiger partial charge < -0.3 is 14.6 Å². The van der Waals surface area contributed by atoms with Crippen molar-refractivity contribution in [2.24, 2.45) is 17.3 Å². The van der Waals surface area contributed by atoms with E-state index in [0.717, 1.165) is 0 Å². The lowest BCUT2D eigenvalue weighted by atomic mass is 9.72. The molecule has 138 valence electrons. The van der Waals surface area contributed by atoms with Gasteiger partial charge in [-0.3, -0.25) is 9.69 Å². The minimum absolute atomic E-state index is 0.156. The third kappa shape index (κ3) is 4.85. The molecule has 1 heterocycles. The Morgan fingerprint density at radius 1 is 1.12 bits per heavy atom. The van der Waals surface area contributed by atoms with Gasteiger partial charge >= 0.3 is 18.0 Å². The van der Waals surface area contributed by atoms with Gasteiger partial charge in [-0.15, -0.1) is 0 Å². The molecule has 0 aromatic carbocycles. The zero-order valence-electron chi connectivity index (χ0n) is 15.6. The van der Waals surface area contributed by atoms with Gasteiger partial charge in [0.05, 0.1) is 13.0 Å². The molecule has 24 heavy (non-hydrogen) atoms. The normalized spacial score (nSPS) is 22.9. The first-order valence-electron chi connectivity index (χ1n) is 8.08. The summed E-state index contributed by atoms with van der Waals surface area (Å²) in [4.78, 5) is 37.5. The van der Waals surface area contributed by atoms with Crippen LogP contribution in [0.1, 0.15) is 48.0 Å². The van der Waals surface area contributed by atoms with Gasteiger partial charge in [-0.05, 0) is 38.5 Å². The lowest BCUT2D eigenvalue weighted by Crippen LogP contribution is -2.44.